The summed E-state index contributed by atoms with van der Waals surface area (Å²) in [6.45, 7) is 2.12. The van der Waals surface area contributed by atoms with Gasteiger partial charge in [-0.3, -0.25) is 4.79 Å². The van der Waals surface area contributed by atoms with Crippen LogP contribution < -0.4 is 10.6 Å². The molecule has 0 unspecified atom stereocenters. The number of carbonyl (C=O) groups excluding carboxylic acids is 1. The molecule has 0 saturated carbocycles. The number of hydrogen-bond donors (Lipinski definition) is 2. The van der Waals surface area contributed by atoms with Crippen LogP contribution in [0.4, 0.5) is 4.39 Å². The van der Waals surface area contributed by atoms with E-state index in [-0.39, 0.29) is 24.3 Å². The van der Waals surface area contributed by atoms with Crippen molar-refractivity contribution in [1.29, 1.82) is 0 Å². The van der Waals surface area contributed by atoms with Crippen molar-refractivity contribution in [2.45, 2.75) is 13.0 Å². The molecule has 0 fully saturated rings. The van der Waals surface area contributed by atoms with E-state index in [2.05, 4.69) is 10.6 Å². The molecule has 0 aliphatic heterocycles. The predicted octanol–water partition coefficient (Wildman–Crippen LogP) is 1.22. The number of likely N-dealkylation sites (N-methyl/N-ethyl adjacent to an activating group) is 1. The Kier molecular flexibility index (Phi) is 4.24. The summed E-state index contributed by atoms with van der Waals surface area (Å²) in [5.74, 6) is -0.348. The van der Waals surface area contributed by atoms with Crippen LogP contribution in [0.3, 0.4) is 0 Å². The van der Waals surface area contributed by atoms with Gasteiger partial charge in [0.15, 0.2) is 0 Å². The van der Waals surface area contributed by atoms with E-state index in [1.807, 2.05) is 13.0 Å². The fourth-order valence-corrected chi connectivity index (χ4v) is 1.23. The van der Waals surface area contributed by atoms with Gasteiger partial charge in [0.1, 0.15) is 5.82 Å². The average Bonchev–Trinajstić information content (AvgIpc) is 2.25. The van der Waals surface area contributed by atoms with Gasteiger partial charge in [-0.2, -0.15) is 0 Å². The molecular formula is C11H15FN2O. The van der Waals surface area contributed by atoms with Gasteiger partial charge >= 0.3 is 0 Å². The molecule has 0 saturated heterocycles. The van der Waals surface area contributed by atoms with E-state index in [4.69, 9.17) is 0 Å². The van der Waals surface area contributed by atoms with Crippen LogP contribution in [0.25, 0.3) is 0 Å². The summed E-state index contributed by atoms with van der Waals surface area (Å²) >= 11 is 0. The Morgan fingerprint density at radius 1 is 1.53 bits per heavy atom. The summed E-state index contributed by atoms with van der Waals surface area (Å²) in [5.41, 5.74) is 0.832. The molecule has 82 valence electrons. The Balaban J connectivity index is 2.53. The van der Waals surface area contributed by atoms with Gasteiger partial charge < -0.3 is 10.6 Å². The standard InChI is InChI=1S/C11H15FN2O/c1-8(14-7-11(15)13-2)9-4-3-5-10(12)6-9/h3-6,8,14H,7H2,1-2H3,(H,13,15)/t8-/m0/s1. The largest absolute Gasteiger partial charge is 0.358 e. The molecule has 1 amide bonds. The normalized spacial score (nSPS) is 12.2. The smallest absolute Gasteiger partial charge is 0.233 e. The summed E-state index contributed by atoms with van der Waals surface area (Å²) in [7, 11) is 1.58. The number of amides is 1. The number of nitrogens with one attached hydrogen (secondary N) is 2. The third-order valence-electron chi connectivity index (χ3n) is 2.20. The molecule has 3 nitrogen and oxygen atoms in total. The predicted molar refractivity (Wildman–Crippen MR) is 56.9 cm³/mol. The first kappa shape index (κ1) is 11.7. The Hall–Kier alpha value is -1.42. The summed E-state index contributed by atoms with van der Waals surface area (Å²) in [6, 6.07) is 6.29. The van der Waals surface area contributed by atoms with Crippen molar-refractivity contribution < 1.29 is 9.18 Å². The fraction of sp³-hybridized carbons (Fsp3) is 0.364. The molecule has 0 aliphatic rings. The average molecular weight is 210 g/mol. The molecule has 1 rings (SSSR count). The zero-order valence-electron chi connectivity index (χ0n) is 8.88. The van der Waals surface area contributed by atoms with Crippen LogP contribution in [0, 0.1) is 5.82 Å². The minimum atomic E-state index is -0.263. The highest BCUT2D eigenvalue weighted by atomic mass is 19.1. The van der Waals surface area contributed by atoms with Gasteiger partial charge in [-0.15, -0.1) is 0 Å². The Labute approximate surface area is 88.7 Å². The molecule has 0 radical (unpaired) electrons. The molecule has 0 aromatic heterocycles. The third kappa shape index (κ3) is 3.67. The molecule has 0 aliphatic carbocycles. The van der Waals surface area contributed by atoms with Gasteiger partial charge in [-0.1, -0.05) is 12.1 Å². The molecule has 2 N–H and O–H groups in total. The van der Waals surface area contributed by atoms with E-state index in [1.54, 1.807) is 13.1 Å². The van der Waals surface area contributed by atoms with E-state index in [9.17, 15) is 9.18 Å². The maximum absolute atomic E-state index is 12.9. The summed E-state index contributed by atoms with van der Waals surface area (Å²) in [5, 5.41) is 5.51. The van der Waals surface area contributed by atoms with Crippen molar-refractivity contribution in [2.75, 3.05) is 13.6 Å². The van der Waals surface area contributed by atoms with Crippen molar-refractivity contribution in [1.82, 2.24) is 10.6 Å². The highest BCUT2D eigenvalue weighted by molar-refractivity contribution is 5.77. The van der Waals surface area contributed by atoms with Crippen LogP contribution in [0.2, 0.25) is 0 Å². The lowest BCUT2D eigenvalue weighted by Gasteiger charge is -2.13. The Morgan fingerprint density at radius 2 is 2.27 bits per heavy atom. The van der Waals surface area contributed by atoms with Crippen LogP contribution >= 0.6 is 0 Å². The Morgan fingerprint density at radius 3 is 2.87 bits per heavy atom. The zero-order valence-corrected chi connectivity index (χ0v) is 8.88. The van der Waals surface area contributed by atoms with Gasteiger partial charge in [0, 0.05) is 13.1 Å². The lowest BCUT2D eigenvalue weighted by Crippen LogP contribution is -2.32. The maximum Gasteiger partial charge on any atom is 0.233 e. The first-order valence-corrected chi connectivity index (χ1v) is 4.83. The van der Waals surface area contributed by atoms with Crippen LogP contribution in [0.5, 0.6) is 0 Å². The van der Waals surface area contributed by atoms with Gasteiger partial charge in [-0.25, -0.2) is 4.39 Å². The highest BCUT2D eigenvalue weighted by Gasteiger charge is 2.06. The molecule has 0 heterocycles. The number of hydrogen-bond acceptors (Lipinski definition) is 2. The molecule has 15 heavy (non-hydrogen) atoms. The van der Waals surface area contributed by atoms with Gasteiger partial charge in [0.25, 0.3) is 0 Å². The number of carbonyl (C=O) groups is 1. The monoisotopic (exact) mass is 210 g/mol. The molecule has 0 spiro atoms. The van der Waals surface area contributed by atoms with E-state index >= 15 is 0 Å². The van der Waals surface area contributed by atoms with Crippen LogP contribution in [0.1, 0.15) is 18.5 Å². The van der Waals surface area contributed by atoms with Gasteiger partial charge in [0.05, 0.1) is 6.54 Å². The summed E-state index contributed by atoms with van der Waals surface area (Å²) in [4.78, 5) is 11.0. The van der Waals surface area contributed by atoms with Crippen molar-refractivity contribution in [2.24, 2.45) is 0 Å². The van der Waals surface area contributed by atoms with Gasteiger partial charge in [-0.05, 0) is 24.6 Å². The van der Waals surface area contributed by atoms with E-state index in [1.165, 1.54) is 12.1 Å². The third-order valence-corrected chi connectivity index (χ3v) is 2.20. The maximum atomic E-state index is 12.9. The van der Waals surface area contributed by atoms with E-state index < -0.39 is 0 Å². The van der Waals surface area contributed by atoms with E-state index in [0.717, 1.165) is 5.56 Å². The lowest BCUT2D eigenvalue weighted by atomic mass is 10.1. The molecule has 4 heteroatoms. The zero-order chi connectivity index (χ0) is 11.3. The summed E-state index contributed by atoms with van der Waals surface area (Å²) in [6.07, 6.45) is 0. The van der Waals surface area contributed by atoms with Crippen LogP contribution in [-0.2, 0) is 4.79 Å². The first-order chi connectivity index (χ1) is 7.13. The second-order valence-electron chi connectivity index (χ2n) is 3.33. The molecule has 1 aromatic carbocycles. The second-order valence-corrected chi connectivity index (χ2v) is 3.33. The quantitative estimate of drug-likeness (QED) is 0.784. The number of rotatable bonds is 4. The van der Waals surface area contributed by atoms with Gasteiger partial charge in [0.2, 0.25) is 5.91 Å². The van der Waals surface area contributed by atoms with Crippen LogP contribution in [0.15, 0.2) is 24.3 Å². The SMILES string of the molecule is CNC(=O)CN[C@@H](C)c1cccc(F)c1. The molecule has 1 aromatic rings. The topological polar surface area (TPSA) is 41.1 Å². The number of halogens is 1. The lowest BCUT2D eigenvalue weighted by molar-refractivity contribution is -0.119. The highest BCUT2D eigenvalue weighted by Crippen LogP contribution is 2.12. The number of benzene rings is 1. The minimum absolute atomic E-state index is 0.0435. The summed E-state index contributed by atoms with van der Waals surface area (Å²) < 4.78 is 12.9. The van der Waals surface area contributed by atoms with Crippen LogP contribution in [-0.4, -0.2) is 19.5 Å². The molecular weight excluding hydrogens is 195 g/mol. The van der Waals surface area contributed by atoms with Crippen molar-refractivity contribution in [3.63, 3.8) is 0 Å². The fourth-order valence-electron chi connectivity index (χ4n) is 1.23. The van der Waals surface area contributed by atoms with E-state index in [0.29, 0.717) is 0 Å². The molecule has 1 atom stereocenters. The van der Waals surface area contributed by atoms with Crippen molar-refractivity contribution in [3.8, 4) is 0 Å². The van der Waals surface area contributed by atoms with Crippen molar-refractivity contribution in [3.05, 3.63) is 35.6 Å². The second kappa shape index (κ2) is 5.46. The Bertz CT molecular complexity index is 341. The molecule has 0 bridgehead atoms. The van der Waals surface area contributed by atoms with Crippen molar-refractivity contribution >= 4 is 5.91 Å². The first-order valence-electron chi connectivity index (χ1n) is 4.83. The minimum Gasteiger partial charge on any atom is -0.358 e.